The highest BCUT2D eigenvalue weighted by atomic mass is 79.9. The van der Waals surface area contributed by atoms with Crippen molar-refractivity contribution >= 4 is 15.9 Å². The van der Waals surface area contributed by atoms with E-state index in [1.807, 2.05) is 0 Å². The van der Waals surface area contributed by atoms with Gasteiger partial charge in [-0.15, -0.1) is 5.92 Å². The molecule has 0 aromatic heterocycles. The molecule has 0 bridgehead atoms. The number of halogens is 2. The van der Waals surface area contributed by atoms with E-state index in [4.69, 9.17) is 0 Å². The van der Waals surface area contributed by atoms with E-state index in [2.05, 4.69) is 27.8 Å². The van der Waals surface area contributed by atoms with Crippen molar-refractivity contribution in [2.75, 3.05) is 12.0 Å². The van der Waals surface area contributed by atoms with Crippen LogP contribution in [0, 0.1) is 11.8 Å². The zero-order valence-corrected chi connectivity index (χ0v) is 7.58. The lowest BCUT2D eigenvalue weighted by Gasteiger charge is -1.90. The molecule has 0 nitrogen and oxygen atoms in total. The number of hydrogen-bond donors (Lipinski definition) is 0. The first-order chi connectivity index (χ1) is 4.91. The summed E-state index contributed by atoms with van der Waals surface area (Å²) in [6.07, 6.45) is 4.32. The van der Waals surface area contributed by atoms with Gasteiger partial charge in [-0.3, -0.25) is 0 Å². The topological polar surface area (TPSA) is 0 Å². The Morgan fingerprint density at radius 3 is 2.50 bits per heavy atom. The molecule has 58 valence electrons. The molecule has 0 N–H and O–H groups in total. The van der Waals surface area contributed by atoms with Crippen molar-refractivity contribution in [1.82, 2.24) is 0 Å². The van der Waals surface area contributed by atoms with Gasteiger partial charge in [-0.1, -0.05) is 28.3 Å². The molecule has 0 spiro atoms. The Kier molecular flexibility index (Phi) is 8.94. The van der Waals surface area contributed by atoms with Gasteiger partial charge in [-0.2, -0.15) is 0 Å². The largest absolute Gasteiger partial charge is 0.237 e. The van der Waals surface area contributed by atoms with Gasteiger partial charge < -0.3 is 0 Å². The maximum absolute atomic E-state index is 11.4. The van der Waals surface area contributed by atoms with E-state index in [1.54, 1.807) is 0 Å². The van der Waals surface area contributed by atoms with Gasteiger partial charge in [-0.05, 0) is 12.8 Å². The molecule has 0 aromatic rings. The van der Waals surface area contributed by atoms with Crippen molar-refractivity contribution < 1.29 is 4.39 Å². The van der Waals surface area contributed by atoms with Crippen LogP contribution in [0.25, 0.3) is 0 Å². The van der Waals surface area contributed by atoms with Crippen LogP contribution in [0.3, 0.4) is 0 Å². The molecule has 0 atom stereocenters. The van der Waals surface area contributed by atoms with Crippen molar-refractivity contribution in [1.29, 1.82) is 0 Å². The third-order valence-corrected chi connectivity index (χ3v) is 1.69. The third kappa shape index (κ3) is 7.97. The average Bonchev–Trinajstić information content (AvgIpc) is 1.97. The lowest BCUT2D eigenvalue weighted by molar-refractivity contribution is 0.572. The van der Waals surface area contributed by atoms with Crippen LogP contribution in [-0.2, 0) is 0 Å². The molecular weight excluding hydrogens is 195 g/mol. The maximum atomic E-state index is 11.4. The summed E-state index contributed by atoms with van der Waals surface area (Å²) in [6, 6.07) is 0. The number of rotatable bonds is 4. The van der Waals surface area contributed by atoms with Crippen LogP contribution < -0.4 is 0 Å². The van der Waals surface area contributed by atoms with Gasteiger partial charge in [0.15, 0.2) is 0 Å². The molecule has 0 amide bonds. The summed E-state index contributed by atoms with van der Waals surface area (Å²) in [7, 11) is 0. The van der Waals surface area contributed by atoms with Crippen molar-refractivity contribution in [3.8, 4) is 11.8 Å². The average molecular weight is 207 g/mol. The Morgan fingerprint density at radius 2 is 1.90 bits per heavy atom. The monoisotopic (exact) mass is 206 g/mol. The smallest absolute Gasteiger partial charge is 0.150 e. The lowest BCUT2D eigenvalue weighted by atomic mass is 10.2. The summed E-state index contributed by atoms with van der Waals surface area (Å²) in [5.74, 6) is 5.15. The van der Waals surface area contributed by atoms with Crippen molar-refractivity contribution in [3.63, 3.8) is 0 Å². The van der Waals surface area contributed by atoms with Crippen LogP contribution in [0.5, 0.6) is 0 Å². The van der Waals surface area contributed by atoms with E-state index < -0.39 is 6.67 Å². The summed E-state index contributed by atoms with van der Waals surface area (Å²) in [4.78, 5) is 0. The molecule has 0 aliphatic carbocycles. The van der Waals surface area contributed by atoms with Gasteiger partial charge in [-0.25, -0.2) is 4.39 Å². The zero-order chi connectivity index (χ0) is 7.66. The second-order valence-corrected chi connectivity index (χ2v) is 2.78. The molecule has 0 heterocycles. The van der Waals surface area contributed by atoms with Crippen LogP contribution in [0.2, 0.25) is 0 Å². The van der Waals surface area contributed by atoms with E-state index in [1.165, 1.54) is 12.8 Å². The van der Waals surface area contributed by atoms with Gasteiger partial charge in [0, 0.05) is 11.8 Å². The highest BCUT2D eigenvalue weighted by molar-refractivity contribution is 9.09. The van der Waals surface area contributed by atoms with Gasteiger partial charge in [0.2, 0.25) is 0 Å². The Bertz CT molecular complexity index is 112. The van der Waals surface area contributed by atoms with Gasteiger partial charge in [0.1, 0.15) is 6.67 Å². The third-order valence-electron chi connectivity index (χ3n) is 1.13. The molecule has 0 radical (unpaired) electrons. The minimum atomic E-state index is -0.502. The second kappa shape index (κ2) is 8.97. The zero-order valence-electron chi connectivity index (χ0n) is 6.00. The molecule has 2 heteroatoms. The fraction of sp³-hybridized carbons (Fsp3) is 0.750. The Hall–Kier alpha value is -0.0300. The summed E-state index contributed by atoms with van der Waals surface area (Å²) >= 11 is 3.34. The molecule has 0 fully saturated rings. The van der Waals surface area contributed by atoms with Gasteiger partial charge in [0.25, 0.3) is 0 Å². The molecule has 0 unspecified atom stereocenters. The quantitative estimate of drug-likeness (QED) is 0.377. The molecule has 0 saturated carbocycles. The van der Waals surface area contributed by atoms with Crippen LogP contribution in [0.1, 0.15) is 25.7 Å². The molecule has 0 aromatic carbocycles. The van der Waals surface area contributed by atoms with Gasteiger partial charge >= 0.3 is 0 Å². The highest BCUT2D eigenvalue weighted by Crippen LogP contribution is 2.00. The molecule has 0 aliphatic heterocycles. The van der Waals surface area contributed by atoms with Crippen molar-refractivity contribution in [2.45, 2.75) is 25.7 Å². The first-order valence-corrected chi connectivity index (χ1v) is 4.61. The number of alkyl halides is 2. The summed E-state index contributed by atoms with van der Waals surface area (Å²) in [5.41, 5.74) is 0. The van der Waals surface area contributed by atoms with E-state index in [0.29, 0.717) is 0 Å². The Balaban J connectivity index is 2.90. The number of unbranched alkanes of at least 4 members (excludes halogenated alkanes) is 3. The predicted octanol–water partition coefficient (Wildman–Crippen LogP) is 2.91. The molecule has 0 aliphatic rings. The molecular formula is C8H12BrF. The van der Waals surface area contributed by atoms with Crippen molar-refractivity contribution in [2.24, 2.45) is 0 Å². The van der Waals surface area contributed by atoms with Crippen LogP contribution in [0.4, 0.5) is 4.39 Å². The minimum absolute atomic E-state index is 0.502. The van der Waals surface area contributed by atoms with Crippen LogP contribution in [0.15, 0.2) is 0 Å². The fourth-order valence-electron chi connectivity index (χ4n) is 0.620. The molecule has 0 rings (SSSR count). The van der Waals surface area contributed by atoms with Crippen LogP contribution in [-0.4, -0.2) is 12.0 Å². The van der Waals surface area contributed by atoms with Crippen molar-refractivity contribution in [3.05, 3.63) is 0 Å². The molecule has 0 saturated heterocycles. The highest BCUT2D eigenvalue weighted by Gasteiger charge is 1.83. The van der Waals surface area contributed by atoms with E-state index >= 15 is 0 Å². The fourth-order valence-corrected chi connectivity index (χ4v) is 1.02. The Labute approximate surface area is 70.3 Å². The maximum Gasteiger partial charge on any atom is 0.150 e. The summed E-state index contributed by atoms with van der Waals surface area (Å²) < 4.78 is 11.4. The van der Waals surface area contributed by atoms with Crippen LogP contribution >= 0.6 is 15.9 Å². The lowest BCUT2D eigenvalue weighted by Crippen LogP contribution is -1.76. The second-order valence-electron chi connectivity index (χ2n) is 1.99. The number of hydrogen-bond acceptors (Lipinski definition) is 0. The SMILES string of the molecule is FCC#CCCCCCBr. The first-order valence-electron chi connectivity index (χ1n) is 3.49. The minimum Gasteiger partial charge on any atom is -0.237 e. The molecule has 10 heavy (non-hydrogen) atoms. The normalized spacial score (nSPS) is 8.60. The standard InChI is InChI=1S/C8H12BrF/c9-7-5-3-1-2-4-6-8-10/h1-3,5,7-8H2. The van der Waals surface area contributed by atoms with E-state index in [0.717, 1.165) is 18.2 Å². The summed E-state index contributed by atoms with van der Waals surface area (Å²) in [5, 5.41) is 1.06. The Morgan fingerprint density at radius 1 is 1.10 bits per heavy atom. The summed E-state index contributed by atoms with van der Waals surface area (Å²) in [6.45, 7) is -0.502. The first kappa shape index (κ1) is 9.97. The van der Waals surface area contributed by atoms with Gasteiger partial charge in [0.05, 0.1) is 0 Å². The van der Waals surface area contributed by atoms with E-state index in [-0.39, 0.29) is 0 Å². The van der Waals surface area contributed by atoms with E-state index in [9.17, 15) is 4.39 Å². The predicted molar refractivity (Wildman–Crippen MR) is 46.0 cm³/mol.